The molecule has 0 fully saturated rings. The van der Waals surface area contributed by atoms with E-state index in [0.717, 1.165) is 30.8 Å². The number of hydrogen-bond acceptors (Lipinski definition) is 3. The SMILES string of the molecule is CCCN(Cc1cccn1C)CC(O)COc1ccccc1C. The average Bonchev–Trinajstić information content (AvgIpc) is 2.92. The van der Waals surface area contributed by atoms with Gasteiger partial charge in [-0.3, -0.25) is 4.90 Å². The van der Waals surface area contributed by atoms with Crippen molar-refractivity contribution in [2.24, 2.45) is 7.05 Å². The Labute approximate surface area is 139 Å². The number of benzene rings is 1. The maximum absolute atomic E-state index is 10.3. The van der Waals surface area contributed by atoms with Crippen molar-refractivity contribution < 1.29 is 9.84 Å². The molecule has 126 valence electrons. The van der Waals surface area contributed by atoms with Crippen molar-refractivity contribution in [3.8, 4) is 5.75 Å². The van der Waals surface area contributed by atoms with E-state index in [-0.39, 0.29) is 0 Å². The fraction of sp³-hybridized carbons (Fsp3) is 0.474. The molecule has 1 N–H and O–H groups in total. The number of aryl methyl sites for hydroxylation is 2. The molecule has 0 saturated heterocycles. The van der Waals surface area contributed by atoms with Crippen LogP contribution in [0.5, 0.6) is 5.75 Å². The predicted octanol–water partition coefficient (Wildman–Crippen LogP) is 2.99. The second-order valence-electron chi connectivity index (χ2n) is 6.08. The Hall–Kier alpha value is -1.78. The number of aliphatic hydroxyl groups excluding tert-OH is 1. The van der Waals surface area contributed by atoms with Crippen molar-refractivity contribution in [1.82, 2.24) is 9.47 Å². The largest absolute Gasteiger partial charge is 0.491 e. The van der Waals surface area contributed by atoms with E-state index in [2.05, 4.69) is 41.8 Å². The van der Waals surface area contributed by atoms with E-state index in [1.165, 1.54) is 5.69 Å². The molecule has 1 heterocycles. The third-order valence-corrected chi connectivity index (χ3v) is 3.97. The first-order chi connectivity index (χ1) is 11.1. The van der Waals surface area contributed by atoms with Gasteiger partial charge in [0, 0.05) is 32.0 Å². The molecule has 2 rings (SSSR count). The predicted molar refractivity (Wildman–Crippen MR) is 93.7 cm³/mol. The van der Waals surface area contributed by atoms with E-state index in [9.17, 15) is 5.11 Å². The summed E-state index contributed by atoms with van der Waals surface area (Å²) >= 11 is 0. The summed E-state index contributed by atoms with van der Waals surface area (Å²) in [7, 11) is 2.05. The molecule has 2 aromatic rings. The van der Waals surface area contributed by atoms with Crippen LogP contribution in [0.1, 0.15) is 24.6 Å². The highest BCUT2D eigenvalue weighted by Crippen LogP contribution is 2.16. The number of ether oxygens (including phenoxy) is 1. The molecule has 23 heavy (non-hydrogen) atoms. The first kappa shape index (κ1) is 17.6. The van der Waals surface area contributed by atoms with Crippen LogP contribution in [0.3, 0.4) is 0 Å². The van der Waals surface area contributed by atoms with Gasteiger partial charge in [0.2, 0.25) is 0 Å². The van der Waals surface area contributed by atoms with Gasteiger partial charge in [0.05, 0.1) is 0 Å². The summed E-state index contributed by atoms with van der Waals surface area (Å²) in [6, 6.07) is 12.1. The van der Waals surface area contributed by atoms with Gasteiger partial charge in [-0.25, -0.2) is 0 Å². The van der Waals surface area contributed by atoms with E-state index in [4.69, 9.17) is 4.74 Å². The quantitative estimate of drug-likeness (QED) is 0.773. The monoisotopic (exact) mass is 316 g/mol. The van der Waals surface area contributed by atoms with Crippen molar-refractivity contribution >= 4 is 0 Å². The van der Waals surface area contributed by atoms with Gasteiger partial charge < -0.3 is 14.4 Å². The Kier molecular flexibility index (Phi) is 6.68. The van der Waals surface area contributed by atoms with Crippen LogP contribution in [0, 0.1) is 6.92 Å². The lowest BCUT2D eigenvalue weighted by molar-refractivity contribution is 0.0647. The lowest BCUT2D eigenvalue weighted by atomic mass is 10.2. The number of rotatable bonds is 9. The lowest BCUT2D eigenvalue weighted by Gasteiger charge is -2.25. The van der Waals surface area contributed by atoms with Crippen LogP contribution >= 0.6 is 0 Å². The Morgan fingerprint density at radius 3 is 2.65 bits per heavy atom. The molecule has 0 aliphatic carbocycles. The summed E-state index contributed by atoms with van der Waals surface area (Å²) in [5.41, 5.74) is 2.35. The zero-order chi connectivity index (χ0) is 16.7. The van der Waals surface area contributed by atoms with Crippen molar-refractivity contribution in [1.29, 1.82) is 0 Å². The summed E-state index contributed by atoms with van der Waals surface area (Å²) in [5, 5.41) is 10.3. The molecule has 0 aliphatic rings. The van der Waals surface area contributed by atoms with Gasteiger partial charge in [-0.2, -0.15) is 0 Å². The van der Waals surface area contributed by atoms with Gasteiger partial charge >= 0.3 is 0 Å². The zero-order valence-electron chi connectivity index (χ0n) is 14.4. The Balaban J connectivity index is 1.86. The lowest BCUT2D eigenvalue weighted by Crippen LogP contribution is -2.36. The number of nitrogens with zero attached hydrogens (tertiary/aromatic N) is 2. The minimum atomic E-state index is -0.499. The Morgan fingerprint density at radius 1 is 1.22 bits per heavy atom. The minimum absolute atomic E-state index is 0.318. The van der Waals surface area contributed by atoms with Crippen molar-refractivity contribution in [3.63, 3.8) is 0 Å². The van der Waals surface area contributed by atoms with Crippen LogP contribution in [-0.4, -0.2) is 40.4 Å². The number of hydrogen-bond donors (Lipinski definition) is 1. The molecule has 0 aliphatic heterocycles. The standard InChI is InChI=1S/C19H28N2O2/c1-4-11-21(13-17-9-7-12-20(17)3)14-18(22)15-23-19-10-6-5-8-16(19)2/h5-10,12,18,22H,4,11,13-15H2,1-3H3. The van der Waals surface area contributed by atoms with Crippen molar-refractivity contribution in [3.05, 3.63) is 53.9 Å². The summed E-state index contributed by atoms with van der Waals surface area (Å²) in [6.07, 6.45) is 2.62. The highest BCUT2D eigenvalue weighted by atomic mass is 16.5. The summed E-state index contributed by atoms with van der Waals surface area (Å²) in [5.74, 6) is 0.844. The van der Waals surface area contributed by atoms with Gasteiger partial charge in [-0.05, 0) is 43.7 Å². The number of para-hydroxylation sites is 1. The summed E-state index contributed by atoms with van der Waals surface area (Å²) in [6.45, 7) is 6.92. The molecule has 4 heteroatoms. The highest BCUT2D eigenvalue weighted by molar-refractivity contribution is 5.31. The maximum Gasteiger partial charge on any atom is 0.122 e. The van der Waals surface area contributed by atoms with Crippen LogP contribution < -0.4 is 4.74 Å². The molecule has 0 saturated carbocycles. The van der Waals surface area contributed by atoms with Crippen LogP contribution in [0.15, 0.2) is 42.6 Å². The van der Waals surface area contributed by atoms with Gasteiger partial charge in [0.25, 0.3) is 0 Å². The van der Waals surface area contributed by atoms with Crippen LogP contribution in [0.4, 0.5) is 0 Å². The maximum atomic E-state index is 10.3. The zero-order valence-corrected chi connectivity index (χ0v) is 14.4. The normalized spacial score (nSPS) is 12.6. The van der Waals surface area contributed by atoms with E-state index in [0.29, 0.717) is 13.2 Å². The molecule has 1 atom stereocenters. The van der Waals surface area contributed by atoms with E-state index in [1.54, 1.807) is 0 Å². The van der Waals surface area contributed by atoms with E-state index >= 15 is 0 Å². The van der Waals surface area contributed by atoms with Crippen LogP contribution in [0.25, 0.3) is 0 Å². The summed E-state index contributed by atoms with van der Waals surface area (Å²) < 4.78 is 7.88. The Bertz CT molecular complexity index is 595. The average molecular weight is 316 g/mol. The molecule has 1 aromatic heterocycles. The van der Waals surface area contributed by atoms with Gasteiger partial charge in [0.1, 0.15) is 18.5 Å². The molecule has 4 nitrogen and oxygen atoms in total. The molecule has 1 aromatic carbocycles. The fourth-order valence-electron chi connectivity index (χ4n) is 2.70. The van der Waals surface area contributed by atoms with E-state index < -0.39 is 6.10 Å². The number of aromatic nitrogens is 1. The van der Waals surface area contributed by atoms with Crippen molar-refractivity contribution in [2.75, 3.05) is 19.7 Å². The molecule has 0 spiro atoms. The Morgan fingerprint density at radius 2 is 2.00 bits per heavy atom. The second-order valence-corrected chi connectivity index (χ2v) is 6.08. The van der Waals surface area contributed by atoms with E-state index in [1.807, 2.05) is 31.2 Å². The highest BCUT2D eigenvalue weighted by Gasteiger charge is 2.14. The fourth-order valence-corrected chi connectivity index (χ4v) is 2.70. The van der Waals surface area contributed by atoms with Gasteiger partial charge in [0.15, 0.2) is 0 Å². The van der Waals surface area contributed by atoms with Gasteiger partial charge in [-0.15, -0.1) is 0 Å². The smallest absolute Gasteiger partial charge is 0.122 e. The first-order valence-corrected chi connectivity index (χ1v) is 8.29. The topological polar surface area (TPSA) is 37.6 Å². The molecular weight excluding hydrogens is 288 g/mol. The number of aliphatic hydroxyl groups is 1. The molecule has 0 bridgehead atoms. The molecule has 1 unspecified atom stereocenters. The van der Waals surface area contributed by atoms with Gasteiger partial charge in [-0.1, -0.05) is 25.1 Å². The molecular formula is C19H28N2O2. The first-order valence-electron chi connectivity index (χ1n) is 8.29. The summed E-state index contributed by atoms with van der Waals surface area (Å²) in [4.78, 5) is 2.28. The van der Waals surface area contributed by atoms with Crippen molar-refractivity contribution in [2.45, 2.75) is 32.9 Å². The minimum Gasteiger partial charge on any atom is -0.491 e. The molecule has 0 amide bonds. The molecule has 0 radical (unpaired) electrons. The second kappa shape index (κ2) is 8.75. The van der Waals surface area contributed by atoms with Crippen LogP contribution in [0.2, 0.25) is 0 Å². The third-order valence-electron chi connectivity index (χ3n) is 3.97. The van der Waals surface area contributed by atoms with Crippen LogP contribution in [-0.2, 0) is 13.6 Å². The third kappa shape index (κ3) is 5.41.